The number of hydrogen-bond acceptors (Lipinski definition) is 5. The highest BCUT2D eigenvalue weighted by atomic mass is 28.4. The molecule has 0 fully saturated rings. The van der Waals surface area contributed by atoms with Gasteiger partial charge in [-0.15, -0.1) is 0 Å². The fourth-order valence-electron chi connectivity index (χ4n) is 5.94. The summed E-state index contributed by atoms with van der Waals surface area (Å²) in [5.41, 5.74) is 5.36. The Morgan fingerprint density at radius 1 is 0.979 bits per heavy atom. The van der Waals surface area contributed by atoms with Gasteiger partial charge in [-0.1, -0.05) is 83.5 Å². The summed E-state index contributed by atoms with van der Waals surface area (Å²) in [5.74, 6) is 1.69. The Morgan fingerprint density at radius 2 is 1.62 bits per heavy atom. The molecule has 7 heteroatoms. The summed E-state index contributed by atoms with van der Waals surface area (Å²) in [6, 6.07) is 25.7. The third-order valence-corrected chi connectivity index (χ3v) is 13.5. The van der Waals surface area contributed by atoms with E-state index in [9.17, 15) is 14.9 Å². The van der Waals surface area contributed by atoms with Crippen LogP contribution in [0.1, 0.15) is 89.5 Å². The highest BCUT2D eigenvalue weighted by Crippen LogP contribution is 2.44. The predicted molar refractivity (Wildman–Crippen MR) is 195 cm³/mol. The average Bonchev–Trinajstić information content (AvgIpc) is 3.02. The molecule has 47 heavy (non-hydrogen) atoms. The van der Waals surface area contributed by atoms with Gasteiger partial charge >= 0.3 is 0 Å². The van der Waals surface area contributed by atoms with Crippen molar-refractivity contribution in [2.75, 3.05) is 0 Å². The summed E-state index contributed by atoms with van der Waals surface area (Å²) in [6.45, 7) is 18.8. The molecule has 1 atom stereocenters. The first-order chi connectivity index (χ1) is 22.1. The van der Waals surface area contributed by atoms with Gasteiger partial charge in [0.1, 0.15) is 17.2 Å². The third kappa shape index (κ3) is 8.12. The van der Waals surface area contributed by atoms with E-state index in [1.54, 1.807) is 4.57 Å². The molecule has 0 aliphatic heterocycles. The molecule has 0 saturated heterocycles. The highest BCUT2D eigenvalue weighted by Gasteiger charge is 2.42. The molecule has 0 amide bonds. The number of ether oxygens (including phenoxy) is 1. The lowest BCUT2D eigenvalue weighted by Gasteiger charge is -2.41. The van der Waals surface area contributed by atoms with E-state index in [0.717, 1.165) is 58.9 Å². The Labute approximate surface area is 282 Å². The minimum Gasteiger partial charge on any atom is -0.488 e. The van der Waals surface area contributed by atoms with E-state index >= 15 is 0 Å². The predicted octanol–water partition coefficient (Wildman–Crippen LogP) is 9.04. The summed E-state index contributed by atoms with van der Waals surface area (Å²) in [5, 5.41) is 9.40. The molecule has 0 aliphatic carbocycles. The molecule has 0 spiro atoms. The van der Waals surface area contributed by atoms with E-state index in [1.165, 1.54) is 0 Å². The van der Waals surface area contributed by atoms with Gasteiger partial charge < -0.3 is 9.53 Å². The maximum absolute atomic E-state index is 14.3. The molecule has 1 unspecified atom stereocenters. The first kappa shape index (κ1) is 35.9. The Balaban J connectivity index is 1.63. The van der Waals surface area contributed by atoms with E-state index in [0.29, 0.717) is 24.0 Å². The molecule has 0 bridgehead atoms. The van der Waals surface area contributed by atoms with Gasteiger partial charge in [-0.25, -0.2) is 4.98 Å². The average molecular weight is 650 g/mol. The van der Waals surface area contributed by atoms with Crippen LogP contribution in [0.3, 0.4) is 0 Å². The van der Waals surface area contributed by atoms with Gasteiger partial charge in [-0.3, -0.25) is 9.36 Å². The Kier molecular flexibility index (Phi) is 11.0. The molecule has 0 radical (unpaired) electrons. The molecule has 4 aromatic rings. The summed E-state index contributed by atoms with van der Waals surface area (Å²) in [7, 11) is -2.34. The van der Waals surface area contributed by atoms with Gasteiger partial charge in [-0.2, -0.15) is 5.26 Å². The van der Waals surface area contributed by atoms with E-state index < -0.39 is 13.9 Å². The minimum atomic E-state index is -2.34. The van der Waals surface area contributed by atoms with Crippen LogP contribution in [0.5, 0.6) is 5.75 Å². The number of aryl methyl sites for hydroxylation is 2. The van der Waals surface area contributed by atoms with Gasteiger partial charge in [0, 0.05) is 18.4 Å². The maximum atomic E-state index is 14.3. The number of hydrogen-bond donors (Lipinski definition) is 1. The normalized spacial score (nSPS) is 12.9. The fourth-order valence-corrected chi connectivity index (χ4v) is 6.75. The molecule has 0 saturated carbocycles. The molecule has 6 nitrogen and oxygen atoms in total. The van der Waals surface area contributed by atoms with Crippen LogP contribution in [0.25, 0.3) is 16.8 Å². The number of benzene rings is 3. The van der Waals surface area contributed by atoms with Crippen molar-refractivity contribution < 1.29 is 9.53 Å². The van der Waals surface area contributed by atoms with Crippen LogP contribution in [0.15, 0.2) is 77.6 Å². The van der Waals surface area contributed by atoms with Crippen LogP contribution in [0, 0.1) is 17.2 Å². The molecule has 1 aromatic heterocycles. The quantitative estimate of drug-likeness (QED) is 0.146. The zero-order valence-electron chi connectivity index (χ0n) is 29.6. The molecule has 4 rings (SSSR count). The van der Waals surface area contributed by atoms with Gasteiger partial charge in [0.2, 0.25) is 0 Å². The topological polar surface area (TPSA) is 88.1 Å². The van der Waals surface area contributed by atoms with Crippen LogP contribution >= 0.6 is 0 Å². The van der Waals surface area contributed by atoms with Gasteiger partial charge in [0.25, 0.3) is 5.56 Å². The van der Waals surface area contributed by atoms with Crippen molar-refractivity contribution in [3.8, 4) is 28.6 Å². The lowest BCUT2D eigenvalue weighted by Crippen LogP contribution is -2.44. The summed E-state index contributed by atoms with van der Waals surface area (Å²) < 4.78 is 8.27. The molecule has 1 heterocycles. The second-order valence-corrected chi connectivity index (χ2v) is 18.9. The van der Waals surface area contributed by atoms with Crippen LogP contribution in [-0.4, -0.2) is 28.3 Å². The highest BCUT2D eigenvalue weighted by molar-refractivity contribution is 6.72. The smallest absolute Gasteiger partial charge is 0.261 e. The zero-order valence-corrected chi connectivity index (χ0v) is 30.6. The lowest BCUT2D eigenvalue weighted by atomic mass is 9.85. The summed E-state index contributed by atoms with van der Waals surface area (Å²) in [4.78, 5) is 30.1. The summed E-state index contributed by atoms with van der Waals surface area (Å²) in [6.07, 6.45) is 3.59. The number of aromatic nitrogens is 2. The van der Waals surface area contributed by atoms with Crippen molar-refractivity contribution >= 4 is 8.32 Å². The fraction of sp³-hybridized carbons (Fsp3) is 0.425. The Hall–Kier alpha value is -3.99. The van der Waals surface area contributed by atoms with Crippen molar-refractivity contribution in [2.24, 2.45) is 5.92 Å². The first-order valence-corrected chi connectivity index (χ1v) is 19.8. The third-order valence-electron chi connectivity index (χ3n) is 9.96. The minimum absolute atomic E-state index is 0.0418. The second-order valence-electron chi connectivity index (χ2n) is 14.5. The summed E-state index contributed by atoms with van der Waals surface area (Å²) >= 11 is 0. The molecule has 0 aliphatic rings. The van der Waals surface area contributed by atoms with Crippen molar-refractivity contribution in [1.29, 1.82) is 5.26 Å². The number of rotatable bonds is 13. The lowest BCUT2D eigenvalue weighted by molar-refractivity contribution is 0.0420. The maximum Gasteiger partial charge on any atom is 0.261 e. The van der Waals surface area contributed by atoms with Crippen LogP contribution < -0.4 is 10.3 Å². The first-order valence-electron chi connectivity index (χ1n) is 16.9. The molecule has 248 valence electrons. The van der Waals surface area contributed by atoms with Crippen LogP contribution in [-0.2, 0) is 19.3 Å². The molecular weight excluding hydrogens is 599 g/mol. The Morgan fingerprint density at radius 3 is 2.19 bits per heavy atom. The van der Waals surface area contributed by atoms with Crippen molar-refractivity contribution in [2.45, 2.75) is 104 Å². The van der Waals surface area contributed by atoms with Crippen molar-refractivity contribution in [1.82, 2.24) is 9.55 Å². The standard InChI is InChI=1S/C40H51N3O3Si/c1-10-14-36-35(25-29-17-19-30(20-18-29)34-16-13-12-15-31(34)27-41)38(44)43(37(11-2)42-36)32-21-23-33(24-22-32)46-40(6,7)28(3)26-39(4,5)47(8,9)45/h12-13,15-24,28,45H,10-11,14,25-26H2,1-9H3. The van der Waals surface area contributed by atoms with E-state index in [1.807, 2.05) is 92.8 Å². The van der Waals surface area contributed by atoms with Gasteiger partial charge in [0.15, 0.2) is 8.32 Å². The zero-order chi connectivity index (χ0) is 34.6. The van der Waals surface area contributed by atoms with E-state index in [2.05, 4.69) is 47.6 Å². The number of nitrogens with zero attached hydrogens (tertiary/aromatic N) is 3. The molecule has 3 aromatic carbocycles. The van der Waals surface area contributed by atoms with Gasteiger partial charge in [-0.05, 0) is 97.8 Å². The van der Waals surface area contributed by atoms with Crippen LogP contribution in [0.4, 0.5) is 0 Å². The Bertz CT molecular complexity index is 1780. The van der Waals surface area contributed by atoms with Crippen LogP contribution in [0.2, 0.25) is 18.1 Å². The van der Waals surface area contributed by atoms with E-state index in [4.69, 9.17) is 9.72 Å². The molecular formula is C40H51N3O3Si. The largest absolute Gasteiger partial charge is 0.488 e. The van der Waals surface area contributed by atoms with Gasteiger partial charge in [0.05, 0.1) is 23.0 Å². The molecule has 1 N–H and O–H groups in total. The second kappa shape index (κ2) is 14.4. The number of nitriles is 1. The monoisotopic (exact) mass is 649 g/mol. The van der Waals surface area contributed by atoms with Crippen molar-refractivity contribution in [3.05, 3.63) is 111 Å². The van der Waals surface area contributed by atoms with E-state index in [-0.39, 0.29) is 16.5 Å². The van der Waals surface area contributed by atoms with Crippen molar-refractivity contribution in [3.63, 3.8) is 0 Å². The SMILES string of the molecule is CCCc1nc(CC)n(-c2ccc(OC(C)(C)C(C)CC(C)(C)[Si](C)(C)O)cc2)c(=O)c1Cc1ccc(-c2ccccc2C#N)cc1.